The van der Waals surface area contributed by atoms with Crippen LogP contribution in [0.3, 0.4) is 0 Å². The average Bonchev–Trinajstić information content (AvgIpc) is 2.63. The van der Waals surface area contributed by atoms with Crippen molar-refractivity contribution < 1.29 is 4.74 Å². The Kier molecular flexibility index (Phi) is 4.10. The molecule has 15 heavy (non-hydrogen) atoms. The van der Waals surface area contributed by atoms with Crippen molar-refractivity contribution in [2.45, 2.75) is 12.5 Å². The number of rotatable bonds is 2. The van der Waals surface area contributed by atoms with Gasteiger partial charge in [-0.1, -0.05) is 15.9 Å². The Morgan fingerprint density at radius 2 is 1.87 bits per heavy atom. The molecular weight excluding hydrogens is 390 g/mol. The molecule has 2 nitrogen and oxygen atoms in total. The van der Waals surface area contributed by atoms with Crippen LogP contribution in [0, 0.1) is 0 Å². The van der Waals surface area contributed by atoms with Crippen molar-refractivity contribution in [2.24, 2.45) is 0 Å². The van der Waals surface area contributed by atoms with Gasteiger partial charge in [0.25, 0.3) is 0 Å². The zero-order valence-electron chi connectivity index (χ0n) is 7.90. The molecule has 1 saturated heterocycles. The van der Waals surface area contributed by atoms with E-state index in [4.69, 9.17) is 4.74 Å². The van der Waals surface area contributed by atoms with Crippen molar-refractivity contribution in [3.63, 3.8) is 0 Å². The van der Waals surface area contributed by atoms with Crippen LogP contribution in [-0.2, 0) is 0 Å². The Labute approximate surface area is 114 Å². The Morgan fingerprint density at radius 3 is 2.40 bits per heavy atom. The number of benzene rings is 1. The molecule has 1 fully saturated rings. The first-order valence-electron chi connectivity index (χ1n) is 4.69. The van der Waals surface area contributed by atoms with Crippen LogP contribution in [0.1, 0.15) is 6.42 Å². The summed E-state index contributed by atoms with van der Waals surface area (Å²) in [5, 5.41) is 3.28. The van der Waals surface area contributed by atoms with E-state index in [1.807, 2.05) is 12.1 Å². The van der Waals surface area contributed by atoms with E-state index >= 15 is 0 Å². The maximum atomic E-state index is 5.91. The maximum Gasteiger partial charge on any atom is 0.148 e. The van der Waals surface area contributed by atoms with Gasteiger partial charge in [-0.15, -0.1) is 0 Å². The Morgan fingerprint density at radius 1 is 1.20 bits per heavy atom. The van der Waals surface area contributed by atoms with E-state index in [1.54, 1.807) is 0 Å². The molecule has 0 aromatic heterocycles. The molecular formula is C10H10Br3NO. The van der Waals surface area contributed by atoms with Gasteiger partial charge in [0.15, 0.2) is 0 Å². The molecule has 0 bridgehead atoms. The van der Waals surface area contributed by atoms with Crippen LogP contribution in [0.2, 0.25) is 0 Å². The fourth-order valence-electron chi connectivity index (χ4n) is 1.54. The molecule has 82 valence electrons. The minimum Gasteiger partial charge on any atom is -0.487 e. The van der Waals surface area contributed by atoms with Gasteiger partial charge >= 0.3 is 0 Å². The summed E-state index contributed by atoms with van der Waals surface area (Å²) in [5.74, 6) is 0.881. The van der Waals surface area contributed by atoms with Crippen LogP contribution in [0.4, 0.5) is 0 Å². The number of nitrogens with one attached hydrogen (secondary N) is 1. The molecule has 0 spiro atoms. The normalized spacial score (nSPS) is 20.6. The monoisotopic (exact) mass is 397 g/mol. The molecule has 1 aliphatic heterocycles. The molecule has 0 amide bonds. The summed E-state index contributed by atoms with van der Waals surface area (Å²) < 4.78 is 8.88. The van der Waals surface area contributed by atoms with E-state index in [0.717, 1.165) is 38.7 Å². The molecule has 2 rings (SSSR count). The average molecular weight is 400 g/mol. The molecule has 0 unspecified atom stereocenters. The molecule has 5 heteroatoms. The highest BCUT2D eigenvalue weighted by molar-refractivity contribution is 9.11. The summed E-state index contributed by atoms with van der Waals surface area (Å²) in [4.78, 5) is 0. The van der Waals surface area contributed by atoms with Crippen molar-refractivity contribution in [1.82, 2.24) is 5.32 Å². The predicted octanol–water partition coefficient (Wildman–Crippen LogP) is 3.71. The second kappa shape index (κ2) is 5.17. The van der Waals surface area contributed by atoms with E-state index in [-0.39, 0.29) is 6.10 Å². The molecule has 1 N–H and O–H groups in total. The van der Waals surface area contributed by atoms with Gasteiger partial charge in [0, 0.05) is 11.0 Å². The minimum absolute atomic E-state index is 0.277. The lowest BCUT2D eigenvalue weighted by molar-refractivity contribution is 0.220. The molecule has 1 atom stereocenters. The standard InChI is InChI=1S/C10H10Br3NO/c11-6-3-8(12)10(9(13)4-6)15-7-1-2-14-5-7/h3-4,7,14H,1-2,5H2/t7-/m1/s1. The third-order valence-electron chi connectivity index (χ3n) is 2.26. The summed E-state index contributed by atoms with van der Waals surface area (Å²) in [7, 11) is 0. The van der Waals surface area contributed by atoms with Crippen molar-refractivity contribution in [3.05, 3.63) is 25.6 Å². The van der Waals surface area contributed by atoms with Gasteiger partial charge in [0.05, 0.1) is 8.95 Å². The second-order valence-electron chi connectivity index (χ2n) is 3.43. The van der Waals surface area contributed by atoms with E-state index < -0.39 is 0 Å². The zero-order valence-corrected chi connectivity index (χ0v) is 12.7. The van der Waals surface area contributed by atoms with E-state index in [1.165, 1.54) is 0 Å². The topological polar surface area (TPSA) is 21.3 Å². The Hall–Kier alpha value is 0.420. The third-order valence-corrected chi connectivity index (χ3v) is 3.90. The highest BCUT2D eigenvalue weighted by Gasteiger charge is 2.18. The summed E-state index contributed by atoms with van der Waals surface area (Å²) in [5.41, 5.74) is 0. The molecule has 1 aromatic carbocycles. The lowest BCUT2D eigenvalue weighted by Crippen LogP contribution is -2.19. The van der Waals surface area contributed by atoms with Crippen molar-refractivity contribution in [3.8, 4) is 5.75 Å². The van der Waals surface area contributed by atoms with E-state index in [2.05, 4.69) is 53.1 Å². The van der Waals surface area contributed by atoms with Crippen LogP contribution < -0.4 is 10.1 Å². The third kappa shape index (κ3) is 2.96. The molecule has 1 heterocycles. The van der Waals surface area contributed by atoms with Crippen LogP contribution in [0.25, 0.3) is 0 Å². The number of hydrogen-bond acceptors (Lipinski definition) is 2. The highest BCUT2D eigenvalue weighted by Crippen LogP contribution is 2.37. The molecule has 1 aliphatic rings. The Bertz CT molecular complexity index is 341. The fraction of sp³-hybridized carbons (Fsp3) is 0.400. The minimum atomic E-state index is 0.277. The number of hydrogen-bond donors (Lipinski definition) is 1. The summed E-state index contributed by atoms with van der Waals surface area (Å²) >= 11 is 10.4. The second-order valence-corrected chi connectivity index (χ2v) is 6.06. The van der Waals surface area contributed by atoms with Crippen molar-refractivity contribution >= 4 is 47.8 Å². The van der Waals surface area contributed by atoms with Crippen LogP contribution in [-0.4, -0.2) is 19.2 Å². The van der Waals surface area contributed by atoms with Crippen LogP contribution in [0.5, 0.6) is 5.75 Å². The fourth-order valence-corrected chi connectivity index (χ4v) is 3.98. The van der Waals surface area contributed by atoms with E-state index in [0.29, 0.717) is 0 Å². The van der Waals surface area contributed by atoms with Crippen LogP contribution in [0.15, 0.2) is 25.6 Å². The van der Waals surface area contributed by atoms with Gasteiger partial charge in [-0.25, -0.2) is 0 Å². The van der Waals surface area contributed by atoms with Crippen molar-refractivity contribution in [2.75, 3.05) is 13.1 Å². The van der Waals surface area contributed by atoms with Gasteiger partial charge in [0.2, 0.25) is 0 Å². The van der Waals surface area contributed by atoms with Crippen LogP contribution >= 0.6 is 47.8 Å². The van der Waals surface area contributed by atoms with Crippen molar-refractivity contribution in [1.29, 1.82) is 0 Å². The molecule has 1 aromatic rings. The largest absolute Gasteiger partial charge is 0.487 e. The van der Waals surface area contributed by atoms with E-state index in [9.17, 15) is 0 Å². The van der Waals surface area contributed by atoms with Gasteiger partial charge in [0.1, 0.15) is 11.9 Å². The summed E-state index contributed by atoms with van der Waals surface area (Å²) in [6, 6.07) is 3.98. The van der Waals surface area contributed by atoms with Gasteiger partial charge in [-0.2, -0.15) is 0 Å². The number of halogens is 3. The van der Waals surface area contributed by atoms with Gasteiger partial charge in [-0.05, 0) is 57.0 Å². The lowest BCUT2D eigenvalue weighted by atomic mass is 10.3. The Balaban J connectivity index is 2.19. The quantitative estimate of drug-likeness (QED) is 0.818. The first-order valence-corrected chi connectivity index (χ1v) is 7.06. The first-order chi connectivity index (χ1) is 7.16. The summed E-state index contributed by atoms with van der Waals surface area (Å²) in [6.07, 6.45) is 1.34. The summed E-state index contributed by atoms with van der Waals surface area (Å²) in [6.45, 7) is 1.96. The molecule has 0 saturated carbocycles. The van der Waals surface area contributed by atoms with Gasteiger partial charge in [-0.3, -0.25) is 0 Å². The molecule has 0 aliphatic carbocycles. The molecule has 0 radical (unpaired) electrons. The highest BCUT2D eigenvalue weighted by atomic mass is 79.9. The number of ether oxygens (including phenoxy) is 1. The lowest BCUT2D eigenvalue weighted by Gasteiger charge is -2.15. The maximum absolute atomic E-state index is 5.91. The first kappa shape index (κ1) is 11.9. The smallest absolute Gasteiger partial charge is 0.148 e. The SMILES string of the molecule is Brc1cc(Br)c(O[C@@H]2CCNC2)c(Br)c1. The van der Waals surface area contributed by atoms with Gasteiger partial charge < -0.3 is 10.1 Å². The predicted molar refractivity (Wildman–Crippen MR) is 71.4 cm³/mol. The zero-order chi connectivity index (χ0) is 10.8.